The van der Waals surface area contributed by atoms with E-state index in [9.17, 15) is 4.79 Å². The van der Waals surface area contributed by atoms with E-state index in [0.717, 1.165) is 5.39 Å². The predicted octanol–water partition coefficient (Wildman–Crippen LogP) is 1.67. The van der Waals surface area contributed by atoms with Crippen LogP contribution < -0.4 is 10.5 Å². The van der Waals surface area contributed by atoms with E-state index < -0.39 is 0 Å². The summed E-state index contributed by atoms with van der Waals surface area (Å²) in [5.41, 5.74) is 7.20. The van der Waals surface area contributed by atoms with E-state index in [1.165, 1.54) is 0 Å². The number of hydrogen-bond donors (Lipinski definition) is 1. The van der Waals surface area contributed by atoms with Crippen LogP contribution in [-0.4, -0.2) is 36.0 Å². The summed E-state index contributed by atoms with van der Waals surface area (Å²) >= 11 is 0. The number of fused-ring (bicyclic) bond motifs is 1. The molecule has 5 nitrogen and oxygen atoms in total. The summed E-state index contributed by atoms with van der Waals surface area (Å²) in [6.07, 6.45) is 1.68. The highest BCUT2D eigenvalue weighted by Gasteiger charge is 2.10. The van der Waals surface area contributed by atoms with Gasteiger partial charge in [0.1, 0.15) is 11.3 Å². The minimum atomic E-state index is -0.0663. The topological polar surface area (TPSA) is 68.5 Å². The van der Waals surface area contributed by atoms with Crippen molar-refractivity contribution in [3.05, 3.63) is 30.5 Å². The molecule has 5 heteroatoms. The van der Waals surface area contributed by atoms with Crippen LogP contribution in [0.5, 0.6) is 5.75 Å². The van der Waals surface area contributed by atoms with Crippen LogP contribution in [0.3, 0.4) is 0 Å². The zero-order valence-electron chi connectivity index (χ0n) is 11.1. The van der Waals surface area contributed by atoms with Crippen molar-refractivity contribution in [2.45, 2.75) is 6.92 Å². The van der Waals surface area contributed by atoms with Crippen LogP contribution in [0.25, 0.3) is 10.9 Å². The van der Waals surface area contributed by atoms with Gasteiger partial charge in [-0.25, -0.2) is 0 Å². The molecule has 2 rings (SSSR count). The number of likely N-dealkylation sites (N-methyl/N-ethyl adjacent to an activating group) is 1. The van der Waals surface area contributed by atoms with Crippen molar-refractivity contribution in [1.82, 2.24) is 9.88 Å². The average Bonchev–Trinajstić information content (AvgIpc) is 2.45. The number of rotatable bonds is 4. The lowest BCUT2D eigenvalue weighted by Gasteiger charge is -2.15. The van der Waals surface area contributed by atoms with E-state index in [1.54, 1.807) is 30.3 Å². The number of carbonyl (C=O) groups is 1. The van der Waals surface area contributed by atoms with Gasteiger partial charge in [-0.3, -0.25) is 9.78 Å². The quantitative estimate of drug-likeness (QED) is 0.848. The fourth-order valence-corrected chi connectivity index (χ4v) is 1.71. The van der Waals surface area contributed by atoms with Gasteiger partial charge in [-0.2, -0.15) is 0 Å². The number of nitrogens with two attached hydrogens (primary N) is 1. The van der Waals surface area contributed by atoms with Gasteiger partial charge in [0.25, 0.3) is 5.91 Å². The maximum absolute atomic E-state index is 11.7. The van der Waals surface area contributed by atoms with Gasteiger partial charge in [-0.05, 0) is 31.2 Å². The van der Waals surface area contributed by atoms with Crippen molar-refractivity contribution in [3.63, 3.8) is 0 Å². The standard InChI is InChI=1S/C14H17N3O2/c1-3-17(2)13(18)9-19-12-7-6-11(15)10-5-4-8-16-14(10)12/h4-8H,3,9,15H2,1-2H3. The van der Waals surface area contributed by atoms with Crippen LogP contribution in [0.15, 0.2) is 30.5 Å². The summed E-state index contributed by atoms with van der Waals surface area (Å²) in [6.45, 7) is 2.57. The van der Waals surface area contributed by atoms with E-state index in [-0.39, 0.29) is 12.5 Å². The molecule has 1 aromatic heterocycles. The Morgan fingerprint density at radius 3 is 2.95 bits per heavy atom. The second-order valence-electron chi connectivity index (χ2n) is 4.25. The first-order valence-corrected chi connectivity index (χ1v) is 6.13. The minimum absolute atomic E-state index is 0.0000671. The first kappa shape index (κ1) is 13.1. The molecule has 0 aliphatic rings. The Labute approximate surface area is 112 Å². The molecule has 100 valence electrons. The highest BCUT2D eigenvalue weighted by molar-refractivity contribution is 5.94. The number of ether oxygens (including phenoxy) is 1. The monoisotopic (exact) mass is 259 g/mol. The van der Waals surface area contributed by atoms with Crippen molar-refractivity contribution in [2.24, 2.45) is 0 Å². The highest BCUT2D eigenvalue weighted by atomic mass is 16.5. The largest absolute Gasteiger partial charge is 0.481 e. The SMILES string of the molecule is CCN(C)C(=O)COc1ccc(N)c2cccnc12. The average molecular weight is 259 g/mol. The smallest absolute Gasteiger partial charge is 0.260 e. The molecule has 0 radical (unpaired) electrons. The van der Waals surface area contributed by atoms with Gasteiger partial charge in [-0.1, -0.05) is 0 Å². The van der Waals surface area contributed by atoms with Crippen molar-refractivity contribution >= 4 is 22.5 Å². The van der Waals surface area contributed by atoms with Gasteiger partial charge < -0.3 is 15.4 Å². The zero-order chi connectivity index (χ0) is 13.8. The summed E-state index contributed by atoms with van der Waals surface area (Å²) in [5.74, 6) is 0.506. The molecule has 2 aromatic rings. The molecule has 19 heavy (non-hydrogen) atoms. The molecule has 0 unspecified atom stereocenters. The fourth-order valence-electron chi connectivity index (χ4n) is 1.71. The number of amides is 1. The lowest BCUT2D eigenvalue weighted by atomic mass is 10.2. The Balaban J connectivity index is 2.22. The maximum Gasteiger partial charge on any atom is 0.260 e. The highest BCUT2D eigenvalue weighted by Crippen LogP contribution is 2.27. The first-order chi connectivity index (χ1) is 9.13. The molecular formula is C14H17N3O2. The van der Waals surface area contributed by atoms with E-state index in [1.807, 2.05) is 19.1 Å². The molecule has 0 aliphatic heterocycles. The van der Waals surface area contributed by atoms with Crippen molar-refractivity contribution in [2.75, 3.05) is 25.9 Å². The fraction of sp³-hybridized carbons (Fsp3) is 0.286. The Kier molecular flexibility index (Phi) is 3.85. The van der Waals surface area contributed by atoms with Gasteiger partial charge in [0, 0.05) is 30.9 Å². The van der Waals surface area contributed by atoms with E-state index >= 15 is 0 Å². The van der Waals surface area contributed by atoms with Crippen molar-refractivity contribution < 1.29 is 9.53 Å². The molecule has 0 atom stereocenters. The third-order valence-corrected chi connectivity index (χ3v) is 3.02. The lowest BCUT2D eigenvalue weighted by Crippen LogP contribution is -2.31. The van der Waals surface area contributed by atoms with Crippen LogP contribution >= 0.6 is 0 Å². The van der Waals surface area contributed by atoms with Gasteiger partial charge in [0.2, 0.25) is 0 Å². The molecule has 0 bridgehead atoms. The first-order valence-electron chi connectivity index (χ1n) is 6.13. The van der Waals surface area contributed by atoms with Crippen molar-refractivity contribution in [3.8, 4) is 5.75 Å². The van der Waals surface area contributed by atoms with Crippen LogP contribution in [0.1, 0.15) is 6.92 Å². The summed E-state index contributed by atoms with van der Waals surface area (Å²) in [4.78, 5) is 17.6. The maximum atomic E-state index is 11.7. The molecule has 1 heterocycles. The normalized spacial score (nSPS) is 10.4. The number of benzene rings is 1. The second-order valence-corrected chi connectivity index (χ2v) is 4.25. The summed E-state index contributed by atoms with van der Waals surface area (Å²) in [6, 6.07) is 7.19. The number of hydrogen-bond acceptors (Lipinski definition) is 4. The molecule has 0 spiro atoms. The number of nitrogens with zero attached hydrogens (tertiary/aromatic N) is 2. The third-order valence-electron chi connectivity index (χ3n) is 3.02. The molecule has 0 saturated carbocycles. The molecule has 0 fully saturated rings. The molecule has 0 saturated heterocycles. The van der Waals surface area contributed by atoms with Crippen LogP contribution in [0, 0.1) is 0 Å². The number of pyridine rings is 1. The number of aromatic nitrogens is 1. The van der Waals surface area contributed by atoms with Crippen molar-refractivity contribution in [1.29, 1.82) is 0 Å². The molecule has 2 N–H and O–H groups in total. The zero-order valence-corrected chi connectivity index (χ0v) is 11.1. The second kappa shape index (κ2) is 5.56. The number of anilines is 1. The number of nitrogen functional groups attached to an aromatic ring is 1. The Morgan fingerprint density at radius 1 is 1.42 bits per heavy atom. The lowest BCUT2D eigenvalue weighted by molar-refractivity contribution is -0.131. The summed E-state index contributed by atoms with van der Waals surface area (Å²) < 4.78 is 5.55. The Hall–Kier alpha value is -2.30. The van der Waals surface area contributed by atoms with Gasteiger partial charge >= 0.3 is 0 Å². The number of carbonyl (C=O) groups excluding carboxylic acids is 1. The van der Waals surface area contributed by atoms with Gasteiger partial charge in [0.05, 0.1) is 0 Å². The summed E-state index contributed by atoms with van der Waals surface area (Å²) in [5, 5.41) is 0.830. The third kappa shape index (κ3) is 2.76. The van der Waals surface area contributed by atoms with E-state index in [4.69, 9.17) is 10.5 Å². The van der Waals surface area contributed by atoms with E-state index in [0.29, 0.717) is 23.5 Å². The van der Waals surface area contributed by atoms with Crippen LogP contribution in [-0.2, 0) is 4.79 Å². The Morgan fingerprint density at radius 2 is 2.21 bits per heavy atom. The van der Waals surface area contributed by atoms with E-state index in [2.05, 4.69) is 4.98 Å². The molecular weight excluding hydrogens is 242 g/mol. The van der Waals surface area contributed by atoms with Gasteiger partial charge in [0.15, 0.2) is 6.61 Å². The molecule has 1 amide bonds. The Bertz CT molecular complexity index is 598. The molecule has 1 aromatic carbocycles. The predicted molar refractivity (Wildman–Crippen MR) is 75.0 cm³/mol. The van der Waals surface area contributed by atoms with Gasteiger partial charge in [-0.15, -0.1) is 0 Å². The van der Waals surface area contributed by atoms with Crippen LogP contribution in [0.2, 0.25) is 0 Å². The van der Waals surface area contributed by atoms with Crippen LogP contribution in [0.4, 0.5) is 5.69 Å². The molecule has 0 aliphatic carbocycles. The summed E-state index contributed by atoms with van der Waals surface area (Å²) in [7, 11) is 1.74. The minimum Gasteiger partial charge on any atom is -0.481 e.